The van der Waals surface area contributed by atoms with Gasteiger partial charge in [-0.15, -0.1) is 0 Å². The van der Waals surface area contributed by atoms with E-state index in [1.165, 1.54) is 0 Å². The van der Waals surface area contributed by atoms with Crippen LogP contribution in [0.3, 0.4) is 0 Å². The topological polar surface area (TPSA) is 29.5 Å². The van der Waals surface area contributed by atoms with Crippen LogP contribution in [0.4, 0.5) is 0 Å². The van der Waals surface area contributed by atoms with Gasteiger partial charge in [0.25, 0.3) is 0 Å². The number of rotatable bonds is 1. The van der Waals surface area contributed by atoms with Crippen molar-refractivity contribution in [2.45, 2.75) is 12.0 Å². The summed E-state index contributed by atoms with van der Waals surface area (Å²) in [5, 5.41) is 9.57. The van der Waals surface area contributed by atoms with Gasteiger partial charge in [-0.05, 0) is 17.7 Å². The highest BCUT2D eigenvalue weighted by molar-refractivity contribution is 9.10. The lowest BCUT2D eigenvalue weighted by atomic mass is 9.97. The van der Waals surface area contributed by atoms with Crippen molar-refractivity contribution in [3.63, 3.8) is 0 Å². The van der Waals surface area contributed by atoms with E-state index in [1.54, 1.807) is 0 Å². The van der Waals surface area contributed by atoms with Crippen LogP contribution in [0.2, 0.25) is 0 Å². The summed E-state index contributed by atoms with van der Waals surface area (Å²) in [6, 6.07) is 8.01. The van der Waals surface area contributed by atoms with Gasteiger partial charge in [0, 0.05) is 10.4 Å². The van der Waals surface area contributed by atoms with Crippen molar-refractivity contribution in [2.24, 2.45) is 0 Å². The average molecular weight is 243 g/mol. The van der Waals surface area contributed by atoms with Crippen molar-refractivity contribution in [1.82, 2.24) is 0 Å². The number of hydrogen-bond acceptors (Lipinski definition) is 2. The van der Waals surface area contributed by atoms with E-state index in [0.717, 1.165) is 10.0 Å². The molecule has 3 heteroatoms. The monoisotopic (exact) mass is 242 g/mol. The number of halogens is 1. The van der Waals surface area contributed by atoms with Gasteiger partial charge in [-0.1, -0.05) is 28.1 Å². The molecule has 0 saturated carbocycles. The molecule has 0 radical (unpaired) electrons. The lowest BCUT2D eigenvalue weighted by molar-refractivity contribution is 0.124. The molecule has 1 unspecified atom stereocenters. The molecule has 0 aromatic heterocycles. The molecule has 1 N–H and O–H groups in total. The van der Waals surface area contributed by atoms with Gasteiger partial charge in [-0.2, -0.15) is 0 Å². The van der Waals surface area contributed by atoms with Gasteiger partial charge >= 0.3 is 0 Å². The second-order valence-corrected chi connectivity index (χ2v) is 4.18. The number of aliphatic hydroxyl groups excluding tert-OH is 1. The predicted octanol–water partition coefficient (Wildman–Crippen LogP) is 1.92. The number of hydrogen-bond donors (Lipinski definition) is 1. The first-order valence-corrected chi connectivity index (χ1v) is 5.08. The normalized spacial score (nSPS) is 27.8. The van der Waals surface area contributed by atoms with E-state index in [1.807, 2.05) is 24.3 Å². The largest absolute Gasteiger partial charge is 0.390 e. The molecule has 0 amide bonds. The molecular formula is C10H11BrO2. The van der Waals surface area contributed by atoms with Gasteiger partial charge in [0.1, 0.15) is 0 Å². The van der Waals surface area contributed by atoms with E-state index in [2.05, 4.69) is 15.9 Å². The third-order valence-electron chi connectivity index (χ3n) is 2.35. The summed E-state index contributed by atoms with van der Waals surface area (Å²) in [4.78, 5) is 0. The summed E-state index contributed by atoms with van der Waals surface area (Å²) in [6.07, 6.45) is -0.346. The van der Waals surface area contributed by atoms with E-state index in [4.69, 9.17) is 4.74 Å². The zero-order chi connectivity index (χ0) is 9.26. The zero-order valence-electron chi connectivity index (χ0n) is 7.11. The van der Waals surface area contributed by atoms with E-state index >= 15 is 0 Å². The minimum atomic E-state index is -0.346. The van der Waals surface area contributed by atoms with Gasteiger partial charge in [0.2, 0.25) is 0 Å². The van der Waals surface area contributed by atoms with Crippen LogP contribution in [0.1, 0.15) is 11.5 Å². The van der Waals surface area contributed by atoms with Gasteiger partial charge in [0.15, 0.2) is 0 Å². The molecule has 1 aromatic rings. The molecular weight excluding hydrogens is 232 g/mol. The van der Waals surface area contributed by atoms with E-state index < -0.39 is 0 Å². The van der Waals surface area contributed by atoms with Crippen LogP contribution in [0.15, 0.2) is 28.7 Å². The lowest BCUT2D eigenvalue weighted by Crippen LogP contribution is -2.15. The molecule has 1 saturated heterocycles. The minimum absolute atomic E-state index is 0.146. The maximum absolute atomic E-state index is 9.57. The third-order valence-corrected chi connectivity index (χ3v) is 2.88. The summed E-state index contributed by atoms with van der Waals surface area (Å²) >= 11 is 3.38. The standard InChI is InChI=1S/C10H11BrO2/c11-8-3-1-7(2-4-8)9-5-13-6-10(9)12/h1-4,9-10,12H,5-6H2/t9?,10-/m0/s1. The molecule has 0 bridgehead atoms. The van der Waals surface area contributed by atoms with Gasteiger partial charge < -0.3 is 9.84 Å². The molecule has 2 nitrogen and oxygen atoms in total. The van der Waals surface area contributed by atoms with Crippen LogP contribution in [0, 0.1) is 0 Å². The van der Waals surface area contributed by atoms with E-state index in [-0.39, 0.29) is 12.0 Å². The predicted molar refractivity (Wildman–Crippen MR) is 53.7 cm³/mol. The Morgan fingerprint density at radius 1 is 1.23 bits per heavy atom. The maximum atomic E-state index is 9.57. The van der Waals surface area contributed by atoms with Crippen molar-refractivity contribution in [3.05, 3.63) is 34.3 Å². The lowest BCUT2D eigenvalue weighted by Gasteiger charge is -2.12. The van der Waals surface area contributed by atoms with Crippen molar-refractivity contribution < 1.29 is 9.84 Å². The first-order valence-electron chi connectivity index (χ1n) is 4.28. The summed E-state index contributed by atoms with van der Waals surface area (Å²) in [5.41, 5.74) is 1.15. The quantitative estimate of drug-likeness (QED) is 0.816. The number of benzene rings is 1. The summed E-state index contributed by atoms with van der Waals surface area (Å²) in [7, 11) is 0. The van der Waals surface area contributed by atoms with Gasteiger partial charge in [0.05, 0.1) is 19.3 Å². The summed E-state index contributed by atoms with van der Waals surface area (Å²) in [6.45, 7) is 1.09. The molecule has 1 heterocycles. The molecule has 0 aliphatic carbocycles. The Labute approximate surface area is 85.7 Å². The average Bonchev–Trinajstić information content (AvgIpc) is 2.53. The highest BCUT2D eigenvalue weighted by atomic mass is 79.9. The van der Waals surface area contributed by atoms with Crippen molar-refractivity contribution in [2.75, 3.05) is 13.2 Å². The fraction of sp³-hybridized carbons (Fsp3) is 0.400. The van der Waals surface area contributed by atoms with Crippen molar-refractivity contribution >= 4 is 15.9 Å². The van der Waals surface area contributed by atoms with Crippen LogP contribution < -0.4 is 0 Å². The SMILES string of the molecule is O[C@H]1COCC1c1ccc(Br)cc1. The van der Waals surface area contributed by atoms with Crippen molar-refractivity contribution in [3.8, 4) is 0 Å². The Bertz CT molecular complexity index is 283. The molecule has 13 heavy (non-hydrogen) atoms. The number of ether oxygens (including phenoxy) is 1. The maximum Gasteiger partial charge on any atom is 0.0864 e. The number of aliphatic hydroxyl groups is 1. The first-order chi connectivity index (χ1) is 6.27. The molecule has 2 rings (SSSR count). The Kier molecular flexibility index (Phi) is 2.67. The smallest absolute Gasteiger partial charge is 0.0864 e. The first kappa shape index (κ1) is 9.19. The Hall–Kier alpha value is -0.380. The summed E-state index contributed by atoms with van der Waals surface area (Å²) in [5.74, 6) is 0.146. The van der Waals surface area contributed by atoms with Gasteiger partial charge in [-0.25, -0.2) is 0 Å². The second kappa shape index (κ2) is 3.78. The molecule has 1 fully saturated rings. The molecule has 2 atom stereocenters. The molecule has 1 aliphatic rings. The van der Waals surface area contributed by atoms with Crippen LogP contribution in [-0.4, -0.2) is 24.4 Å². The highest BCUT2D eigenvalue weighted by Crippen LogP contribution is 2.26. The Morgan fingerprint density at radius 3 is 2.46 bits per heavy atom. The van der Waals surface area contributed by atoms with Gasteiger partial charge in [-0.3, -0.25) is 0 Å². The van der Waals surface area contributed by atoms with E-state index in [0.29, 0.717) is 13.2 Å². The van der Waals surface area contributed by atoms with Crippen LogP contribution in [0.25, 0.3) is 0 Å². The van der Waals surface area contributed by atoms with Crippen LogP contribution in [0.5, 0.6) is 0 Å². The molecule has 1 aliphatic heterocycles. The molecule has 70 valence electrons. The van der Waals surface area contributed by atoms with Crippen LogP contribution in [-0.2, 0) is 4.74 Å². The van der Waals surface area contributed by atoms with E-state index in [9.17, 15) is 5.11 Å². The Balaban J connectivity index is 2.20. The Morgan fingerprint density at radius 2 is 1.92 bits per heavy atom. The fourth-order valence-corrected chi connectivity index (χ4v) is 1.84. The minimum Gasteiger partial charge on any atom is -0.390 e. The third kappa shape index (κ3) is 1.93. The zero-order valence-corrected chi connectivity index (χ0v) is 8.70. The highest BCUT2D eigenvalue weighted by Gasteiger charge is 2.27. The second-order valence-electron chi connectivity index (χ2n) is 3.26. The fourth-order valence-electron chi connectivity index (χ4n) is 1.57. The summed E-state index contributed by atoms with van der Waals surface area (Å²) < 4.78 is 6.25. The molecule has 0 spiro atoms. The molecule has 1 aromatic carbocycles. The van der Waals surface area contributed by atoms with Crippen LogP contribution >= 0.6 is 15.9 Å². The van der Waals surface area contributed by atoms with Crippen molar-refractivity contribution in [1.29, 1.82) is 0 Å².